The molecule has 292 valence electrons. The Balaban J connectivity index is 1.08. The van der Waals surface area contributed by atoms with Gasteiger partial charge in [0.05, 0.1) is 28.1 Å². The van der Waals surface area contributed by atoms with Crippen molar-refractivity contribution in [1.29, 1.82) is 0 Å². The molecule has 0 aliphatic carbocycles. The van der Waals surface area contributed by atoms with Crippen molar-refractivity contribution in [2.24, 2.45) is 15.9 Å². The van der Waals surface area contributed by atoms with Crippen molar-refractivity contribution >= 4 is 114 Å². The SMILES string of the molecule is CC1C/C=C(c2ccc3c(c2)sc2ccccc23)/N=C(c2ccc(-n3c4ccccc4c4cc5ccccc5cc43)c3oc4ccccc4c23)\N=C/1c1ccc2ccccc2c1. The van der Waals surface area contributed by atoms with Crippen LogP contribution in [0, 0.1) is 5.92 Å². The second-order valence-corrected chi connectivity index (χ2v) is 17.6. The fourth-order valence-electron chi connectivity index (χ4n) is 9.79. The molecular weight excluding hydrogens is 775 g/mol. The molecule has 0 saturated carbocycles. The summed E-state index contributed by atoms with van der Waals surface area (Å²) in [5.41, 5.74) is 9.93. The number of aromatic nitrogens is 1. The molecular formula is C57H37N3OS. The molecule has 4 nitrogen and oxygen atoms in total. The van der Waals surface area contributed by atoms with Crippen molar-refractivity contribution in [2.75, 3.05) is 0 Å². The number of furan rings is 1. The Morgan fingerprint density at radius 3 is 2.10 bits per heavy atom. The molecule has 13 rings (SSSR count). The van der Waals surface area contributed by atoms with Gasteiger partial charge in [0.1, 0.15) is 5.58 Å². The molecule has 0 saturated heterocycles. The van der Waals surface area contributed by atoms with Gasteiger partial charge in [0.25, 0.3) is 0 Å². The van der Waals surface area contributed by atoms with Gasteiger partial charge >= 0.3 is 0 Å². The molecule has 4 heterocycles. The summed E-state index contributed by atoms with van der Waals surface area (Å²) in [7, 11) is 0. The van der Waals surface area contributed by atoms with Crippen LogP contribution in [-0.4, -0.2) is 16.1 Å². The number of hydrogen-bond donors (Lipinski definition) is 0. The number of amidine groups is 1. The minimum absolute atomic E-state index is 0.119. The van der Waals surface area contributed by atoms with Crippen molar-refractivity contribution in [3.63, 3.8) is 0 Å². The van der Waals surface area contributed by atoms with Crippen LogP contribution in [0.4, 0.5) is 0 Å². The van der Waals surface area contributed by atoms with Crippen LogP contribution < -0.4 is 0 Å². The summed E-state index contributed by atoms with van der Waals surface area (Å²) in [6.07, 6.45) is 3.12. The van der Waals surface area contributed by atoms with Gasteiger partial charge in [-0.2, -0.15) is 0 Å². The van der Waals surface area contributed by atoms with E-state index in [0.717, 1.165) is 73.2 Å². The lowest BCUT2D eigenvalue weighted by Crippen LogP contribution is -2.17. The number of benzene rings is 9. The van der Waals surface area contributed by atoms with Crippen molar-refractivity contribution in [2.45, 2.75) is 13.3 Å². The van der Waals surface area contributed by atoms with Crippen LogP contribution in [0.25, 0.3) is 96.8 Å². The number of rotatable bonds is 4. The van der Waals surface area contributed by atoms with Crippen molar-refractivity contribution in [1.82, 2.24) is 4.57 Å². The van der Waals surface area contributed by atoms with Crippen LogP contribution in [0.2, 0.25) is 0 Å². The predicted molar refractivity (Wildman–Crippen MR) is 264 cm³/mol. The van der Waals surface area contributed by atoms with Gasteiger partial charge in [-0.05, 0) is 88.1 Å². The zero-order chi connectivity index (χ0) is 40.9. The van der Waals surface area contributed by atoms with Crippen LogP contribution in [0.1, 0.15) is 30.0 Å². The van der Waals surface area contributed by atoms with Gasteiger partial charge in [0, 0.05) is 58.8 Å². The molecule has 0 N–H and O–H groups in total. The Hall–Kier alpha value is -7.60. The molecule has 1 aliphatic rings. The Morgan fingerprint density at radius 1 is 0.532 bits per heavy atom. The maximum Gasteiger partial charge on any atom is 0.160 e. The van der Waals surface area contributed by atoms with Crippen LogP contribution in [0.5, 0.6) is 0 Å². The first-order valence-corrected chi connectivity index (χ1v) is 22.1. The maximum absolute atomic E-state index is 7.01. The van der Waals surface area contributed by atoms with E-state index in [9.17, 15) is 0 Å². The molecule has 1 unspecified atom stereocenters. The second-order valence-electron chi connectivity index (χ2n) is 16.5. The first-order valence-electron chi connectivity index (χ1n) is 21.3. The van der Waals surface area contributed by atoms with E-state index in [1.165, 1.54) is 52.5 Å². The highest BCUT2D eigenvalue weighted by Crippen LogP contribution is 2.42. The number of hydrogen-bond acceptors (Lipinski definition) is 4. The summed E-state index contributed by atoms with van der Waals surface area (Å²) in [6, 6.07) is 65.5. The molecule has 0 amide bonds. The van der Waals surface area contributed by atoms with Crippen molar-refractivity contribution in [3.05, 3.63) is 205 Å². The fourth-order valence-corrected chi connectivity index (χ4v) is 10.9. The number of thiophene rings is 1. The van der Waals surface area contributed by atoms with Crippen LogP contribution >= 0.6 is 11.3 Å². The van der Waals surface area contributed by atoms with Crippen LogP contribution in [-0.2, 0) is 0 Å². The normalized spacial score (nSPS) is 17.4. The highest BCUT2D eigenvalue weighted by atomic mass is 32.1. The first kappa shape index (κ1) is 35.2. The van der Waals surface area contributed by atoms with Gasteiger partial charge in [-0.15, -0.1) is 11.3 Å². The van der Waals surface area contributed by atoms with E-state index in [2.05, 4.69) is 193 Å². The van der Waals surface area contributed by atoms with Gasteiger partial charge in [0.2, 0.25) is 0 Å². The topological polar surface area (TPSA) is 42.8 Å². The third kappa shape index (κ3) is 5.45. The average Bonchev–Trinajstić information content (AvgIpc) is 3.99. The third-order valence-corrected chi connectivity index (χ3v) is 14.0. The monoisotopic (exact) mass is 811 g/mol. The maximum atomic E-state index is 7.01. The smallest absolute Gasteiger partial charge is 0.160 e. The standard InChI is InChI=1S/C57H37N3OS/c1-34-22-28-47(39-25-26-43-42-17-8-11-21-52(42)62-53(43)33-39)58-57(59-55(34)40-24-23-35-12-2-3-13-36(35)30-40)45-27-29-49(56-54(45)44-18-7-10-20-51(44)61-56)60-48-19-9-6-16-41(48)46-31-37-14-4-5-15-38(37)32-50(46)60/h2-21,23-34H,22H2,1H3/b47-28+,58-57-,59-55+. The molecule has 0 radical (unpaired) electrons. The van der Waals surface area contributed by atoms with Crippen molar-refractivity contribution < 1.29 is 4.42 Å². The van der Waals surface area contributed by atoms with E-state index in [-0.39, 0.29) is 5.92 Å². The summed E-state index contributed by atoms with van der Waals surface area (Å²) >= 11 is 1.83. The van der Waals surface area contributed by atoms with E-state index in [1.54, 1.807) is 0 Å². The number of para-hydroxylation sites is 2. The highest BCUT2D eigenvalue weighted by Gasteiger charge is 2.25. The zero-order valence-electron chi connectivity index (χ0n) is 33.8. The second kappa shape index (κ2) is 13.7. The Morgan fingerprint density at radius 2 is 1.23 bits per heavy atom. The molecule has 12 aromatic rings. The van der Waals surface area contributed by atoms with E-state index in [1.807, 2.05) is 17.4 Å². The summed E-state index contributed by atoms with van der Waals surface area (Å²) < 4.78 is 11.9. The lowest BCUT2D eigenvalue weighted by atomic mass is 9.92. The quantitative estimate of drug-likeness (QED) is 0.175. The van der Waals surface area contributed by atoms with Gasteiger partial charge in [-0.25, -0.2) is 9.98 Å². The number of nitrogens with zero attached hydrogens (tertiary/aromatic N) is 3. The molecule has 0 fully saturated rings. The fraction of sp³-hybridized carbons (Fsp3) is 0.0526. The zero-order valence-corrected chi connectivity index (χ0v) is 34.7. The van der Waals surface area contributed by atoms with Crippen molar-refractivity contribution in [3.8, 4) is 5.69 Å². The van der Waals surface area contributed by atoms with E-state index >= 15 is 0 Å². The summed E-state index contributed by atoms with van der Waals surface area (Å²) in [5, 5.41) is 11.8. The molecule has 1 aliphatic heterocycles. The Kier molecular flexibility index (Phi) is 7.78. The molecule has 3 aromatic heterocycles. The van der Waals surface area contributed by atoms with E-state index < -0.39 is 0 Å². The third-order valence-electron chi connectivity index (χ3n) is 12.8. The van der Waals surface area contributed by atoms with Gasteiger partial charge in [-0.3, -0.25) is 0 Å². The molecule has 9 aromatic carbocycles. The molecule has 1 atom stereocenters. The number of fused-ring (bicyclic) bond motifs is 11. The number of allylic oxidation sites excluding steroid dienone is 1. The predicted octanol–water partition coefficient (Wildman–Crippen LogP) is 15.7. The molecule has 0 spiro atoms. The summed E-state index contributed by atoms with van der Waals surface area (Å²) in [5.74, 6) is 0.784. The molecule has 0 bridgehead atoms. The lowest BCUT2D eigenvalue weighted by Gasteiger charge is -2.19. The first-order chi connectivity index (χ1) is 30.6. The van der Waals surface area contributed by atoms with Gasteiger partial charge in [-0.1, -0.05) is 140 Å². The van der Waals surface area contributed by atoms with Crippen LogP contribution in [0.3, 0.4) is 0 Å². The minimum Gasteiger partial charge on any atom is -0.454 e. The van der Waals surface area contributed by atoms with Gasteiger partial charge < -0.3 is 8.98 Å². The number of aliphatic imine (C=N–C) groups is 2. The summed E-state index contributed by atoms with van der Waals surface area (Å²) in [6.45, 7) is 2.29. The molecule has 62 heavy (non-hydrogen) atoms. The van der Waals surface area contributed by atoms with E-state index in [0.29, 0.717) is 5.84 Å². The largest absolute Gasteiger partial charge is 0.454 e. The molecule has 5 heteroatoms. The lowest BCUT2D eigenvalue weighted by molar-refractivity contribution is 0.666. The summed E-state index contributed by atoms with van der Waals surface area (Å²) in [4.78, 5) is 11.3. The van der Waals surface area contributed by atoms with Crippen LogP contribution in [0.15, 0.2) is 202 Å². The van der Waals surface area contributed by atoms with E-state index in [4.69, 9.17) is 14.4 Å². The Bertz CT molecular complexity index is 3930. The minimum atomic E-state index is 0.119. The average molecular weight is 812 g/mol. The highest BCUT2D eigenvalue weighted by molar-refractivity contribution is 7.25. The Labute approximate surface area is 361 Å². The van der Waals surface area contributed by atoms with Gasteiger partial charge in [0.15, 0.2) is 11.4 Å².